The molecular weight excluding hydrogens is 110 g/mol. The lowest BCUT2D eigenvalue weighted by Crippen LogP contribution is -2.23. The summed E-state index contributed by atoms with van der Waals surface area (Å²) in [6.45, 7) is 1.71. The Kier molecular flexibility index (Phi) is 3.97. The van der Waals surface area contributed by atoms with Crippen molar-refractivity contribution in [3.05, 3.63) is 0 Å². The van der Waals surface area contributed by atoms with Crippen LogP contribution < -0.4 is 5.32 Å². The smallest absolute Gasteiger partial charge is 0.409 e. The van der Waals surface area contributed by atoms with Gasteiger partial charge >= 0.3 is 6.09 Å². The SMILES string of the molecule is CCNC(=O)OCO. The Morgan fingerprint density at radius 2 is 2.50 bits per heavy atom. The number of alkyl carbamates (subject to hydrolysis) is 1. The van der Waals surface area contributed by atoms with Crippen molar-refractivity contribution in [2.75, 3.05) is 13.3 Å². The summed E-state index contributed by atoms with van der Waals surface area (Å²) in [6.07, 6.45) is -0.588. The van der Waals surface area contributed by atoms with E-state index in [1.165, 1.54) is 0 Å². The number of rotatable bonds is 2. The summed E-state index contributed by atoms with van der Waals surface area (Å²) in [5.41, 5.74) is 0. The number of aliphatic hydroxyl groups excluding tert-OH is 1. The fourth-order valence-corrected chi connectivity index (χ4v) is 0.254. The summed E-state index contributed by atoms with van der Waals surface area (Å²) in [5.74, 6) is 0. The van der Waals surface area contributed by atoms with E-state index in [9.17, 15) is 4.79 Å². The van der Waals surface area contributed by atoms with E-state index in [1.807, 2.05) is 0 Å². The number of nitrogens with one attached hydrogen (secondary N) is 1. The van der Waals surface area contributed by atoms with E-state index >= 15 is 0 Å². The largest absolute Gasteiger partial charge is 0.423 e. The third-order valence-corrected chi connectivity index (χ3v) is 0.517. The van der Waals surface area contributed by atoms with Gasteiger partial charge in [-0.1, -0.05) is 0 Å². The van der Waals surface area contributed by atoms with Crippen molar-refractivity contribution in [3.8, 4) is 0 Å². The zero-order valence-corrected chi connectivity index (χ0v) is 4.68. The monoisotopic (exact) mass is 119 g/mol. The standard InChI is InChI=1S/C4H9NO3/c1-2-5-4(7)8-3-6/h6H,2-3H2,1H3,(H,5,7). The first-order valence-corrected chi connectivity index (χ1v) is 2.32. The van der Waals surface area contributed by atoms with E-state index in [0.717, 1.165) is 0 Å². The Hall–Kier alpha value is -0.770. The maximum absolute atomic E-state index is 10.1. The van der Waals surface area contributed by atoms with Crippen molar-refractivity contribution in [1.29, 1.82) is 0 Å². The predicted octanol–water partition coefficient (Wildman–Crippen LogP) is -0.318. The van der Waals surface area contributed by atoms with E-state index in [0.29, 0.717) is 6.54 Å². The predicted molar refractivity (Wildman–Crippen MR) is 27.2 cm³/mol. The Bertz CT molecular complexity index is 65.7. The van der Waals surface area contributed by atoms with E-state index in [1.54, 1.807) is 6.92 Å². The van der Waals surface area contributed by atoms with Gasteiger partial charge in [-0.05, 0) is 6.92 Å². The first-order chi connectivity index (χ1) is 3.81. The Morgan fingerprint density at radius 1 is 1.88 bits per heavy atom. The molecule has 0 aliphatic heterocycles. The van der Waals surface area contributed by atoms with Crippen LogP contribution >= 0.6 is 0 Å². The van der Waals surface area contributed by atoms with Crippen LogP contribution in [0.2, 0.25) is 0 Å². The highest BCUT2D eigenvalue weighted by Crippen LogP contribution is 1.70. The van der Waals surface area contributed by atoms with Gasteiger partial charge in [0.15, 0.2) is 6.79 Å². The van der Waals surface area contributed by atoms with E-state index in [-0.39, 0.29) is 0 Å². The molecule has 0 heterocycles. The zero-order chi connectivity index (χ0) is 6.41. The number of carbonyl (C=O) groups excluding carboxylic acids is 1. The highest BCUT2D eigenvalue weighted by molar-refractivity contribution is 5.66. The molecule has 8 heavy (non-hydrogen) atoms. The molecule has 0 atom stereocenters. The quantitative estimate of drug-likeness (QED) is 0.490. The van der Waals surface area contributed by atoms with Crippen molar-refractivity contribution >= 4 is 6.09 Å². The normalized spacial score (nSPS) is 8.25. The minimum Gasteiger partial charge on any atom is -0.423 e. The van der Waals surface area contributed by atoms with Gasteiger partial charge in [-0.15, -0.1) is 0 Å². The molecule has 0 radical (unpaired) electrons. The van der Waals surface area contributed by atoms with Crippen LogP contribution in [-0.4, -0.2) is 24.5 Å². The lowest BCUT2D eigenvalue weighted by Gasteiger charge is -1.98. The second kappa shape index (κ2) is 4.39. The molecule has 0 aliphatic carbocycles. The van der Waals surface area contributed by atoms with Crippen molar-refractivity contribution in [2.45, 2.75) is 6.92 Å². The van der Waals surface area contributed by atoms with Gasteiger partial charge in [-0.2, -0.15) is 0 Å². The third kappa shape index (κ3) is 3.42. The molecule has 0 saturated carbocycles. The summed E-state index contributed by atoms with van der Waals surface area (Å²) in [7, 11) is 0. The van der Waals surface area contributed by atoms with E-state index in [4.69, 9.17) is 5.11 Å². The van der Waals surface area contributed by atoms with Crippen LogP contribution in [0.15, 0.2) is 0 Å². The van der Waals surface area contributed by atoms with Gasteiger partial charge in [0.2, 0.25) is 0 Å². The molecule has 0 saturated heterocycles. The van der Waals surface area contributed by atoms with E-state index < -0.39 is 12.9 Å². The molecule has 0 bridgehead atoms. The maximum Gasteiger partial charge on any atom is 0.409 e. The number of hydrogen-bond acceptors (Lipinski definition) is 3. The average Bonchev–Trinajstić information content (AvgIpc) is 1.68. The first-order valence-electron chi connectivity index (χ1n) is 2.32. The van der Waals surface area contributed by atoms with Crippen LogP contribution in [-0.2, 0) is 4.74 Å². The highest BCUT2D eigenvalue weighted by atomic mass is 16.6. The number of aliphatic hydroxyl groups is 1. The van der Waals surface area contributed by atoms with Crippen LogP contribution in [0.3, 0.4) is 0 Å². The Labute approximate surface area is 47.5 Å². The second-order valence-electron chi connectivity index (χ2n) is 1.09. The van der Waals surface area contributed by atoms with E-state index in [2.05, 4.69) is 10.1 Å². The van der Waals surface area contributed by atoms with Crippen LogP contribution in [0, 0.1) is 0 Å². The molecule has 4 nitrogen and oxygen atoms in total. The van der Waals surface area contributed by atoms with Crippen LogP contribution in [0.4, 0.5) is 4.79 Å². The topological polar surface area (TPSA) is 58.6 Å². The van der Waals surface area contributed by atoms with Crippen LogP contribution in [0.5, 0.6) is 0 Å². The molecule has 0 aliphatic rings. The molecule has 0 unspecified atom stereocenters. The highest BCUT2D eigenvalue weighted by Gasteiger charge is 1.93. The van der Waals surface area contributed by atoms with Gasteiger partial charge in [0.1, 0.15) is 0 Å². The molecule has 1 amide bonds. The van der Waals surface area contributed by atoms with Crippen LogP contribution in [0.25, 0.3) is 0 Å². The van der Waals surface area contributed by atoms with Gasteiger partial charge in [-0.25, -0.2) is 4.79 Å². The van der Waals surface area contributed by atoms with Crippen LogP contribution in [0.1, 0.15) is 6.92 Å². The van der Waals surface area contributed by atoms with Gasteiger partial charge in [-0.3, -0.25) is 0 Å². The van der Waals surface area contributed by atoms with Crippen molar-refractivity contribution in [2.24, 2.45) is 0 Å². The number of ether oxygens (including phenoxy) is 1. The number of carbonyl (C=O) groups is 1. The van der Waals surface area contributed by atoms with Crippen molar-refractivity contribution < 1.29 is 14.6 Å². The average molecular weight is 119 g/mol. The van der Waals surface area contributed by atoms with Gasteiger partial charge in [0.05, 0.1) is 0 Å². The van der Waals surface area contributed by atoms with Crippen molar-refractivity contribution in [1.82, 2.24) is 5.32 Å². The number of amides is 1. The van der Waals surface area contributed by atoms with Crippen molar-refractivity contribution in [3.63, 3.8) is 0 Å². The fraction of sp³-hybridized carbons (Fsp3) is 0.750. The molecule has 48 valence electrons. The molecule has 2 N–H and O–H groups in total. The van der Waals surface area contributed by atoms with Gasteiger partial charge in [0, 0.05) is 6.54 Å². The Morgan fingerprint density at radius 3 is 2.88 bits per heavy atom. The molecule has 0 aromatic rings. The lowest BCUT2D eigenvalue weighted by molar-refractivity contribution is 0.0447. The van der Waals surface area contributed by atoms with Gasteiger partial charge < -0.3 is 15.2 Å². The molecule has 0 aromatic carbocycles. The zero-order valence-electron chi connectivity index (χ0n) is 4.68. The second-order valence-corrected chi connectivity index (χ2v) is 1.09. The van der Waals surface area contributed by atoms with Gasteiger partial charge in [0.25, 0.3) is 0 Å². The summed E-state index contributed by atoms with van der Waals surface area (Å²) >= 11 is 0. The number of hydrogen-bond donors (Lipinski definition) is 2. The molecular formula is C4H9NO3. The molecule has 0 spiro atoms. The molecule has 0 fully saturated rings. The molecule has 4 heteroatoms. The summed E-state index contributed by atoms with van der Waals surface area (Å²) in [5, 5.41) is 10.3. The minimum atomic E-state index is -0.588. The maximum atomic E-state index is 10.1. The lowest BCUT2D eigenvalue weighted by atomic mass is 10.8. The Balaban J connectivity index is 3.06. The molecule has 0 rings (SSSR count). The third-order valence-electron chi connectivity index (χ3n) is 0.517. The molecule has 0 aromatic heterocycles. The summed E-state index contributed by atoms with van der Waals surface area (Å²) in [4.78, 5) is 10.1. The first kappa shape index (κ1) is 7.23. The summed E-state index contributed by atoms with van der Waals surface area (Å²) < 4.78 is 4.09. The summed E-state index contributed by atoms with van der Waals surface area (Å²) in [6, 6.07) is 0. The fourth-order valence-electron chi connectivity index (χ4n) is 0.254. The minimum absolute atomic E-state index is 0.513.